The number of phosphoric acid groups is 3. The van der Waals surface area contributed by atoms with E-state index in [2.05, 4.69) is 23.1 Å². The Kier molecular flexibility index (Phi) is 7.23. The number of hydrogen-bond donors (Lipinski definition) is 7. The Hall–Kier alpha value is -2.31. The summed E-state index contributed by atoms with van der Waals surface area (Å²) in [5, 5.41) is 30.6. The fourth-order valence-electron chi connectivity index (χ4n) is 3.18. The Morgan fingerprint density at radius 1 is 1.25 bits per heavy atom. The van der Waals surface area contributed by atoms with Gasteiger partial charge in [0, 0.05) is 6.20 Å². The Morgan fingerprint density at radius 2 is 1.89 bits per heavy atom. The van der Waals surface area contributed by atoms with Gasteiger partial charge in [-0.15, -0.1) is 6.42 Å². The number of nitrogen functional groups attached to an aromatic ring is 1. The molecule has 18 nitrogen and oxygen atoms in total. The van der Waals surface area contributed by atoms with E-state index in [1.165, 1.54) is 0 Å². The third kappa shape index (κ3) is 5.35. The Morgan fingerprint density at radius 3 is 2.44 bits per heavy atom. The maximum atomic E-state index is 15.6. The van der Waals surface area contributed by atoms with E-state index in [1.807, 2.05) is 0 Å². The van der Waals surface area contributed by atoms with Gasteiger partial charge in [-0.05, 0) is 0 Å². The molecule has 1 saturated heterocycles. The zero-order valence-corrected chi connectivity index (χ0v) is 19.9. The van der Waals surface area contributed by atoms with Crippen LogP contribution in [0.4, 0.5) is 10.2 Å². The van der Waals surface area contributed by atoms with E-state index in [-0.39, 0.29) is 22.4 Å². The number of ether oxygens (including phenoxy) is 1. The molecule has 0 aromatic carbocycles. The molecule has 0 aliphatic carbocycles. The number of fused-ring (bicyclic) bond motifs is 1. The second-order valence-electron chi connectivity index (χ2n) is 7.01. The monoisotopic (exact) mass is 573 g/mol. The number of rotatable bonds is 8. The van der Waals surface area contributed by atoms with Crippen LogP contribution in [0.25, 0.3) is 11.0 Å². The number of aromatic nitrogens is 3. The summed E-state index contributed by atoms with van der Waals surface area (Å²) in [6.45, 7) is -1.81. The molecule has 196 valence electrons. The van der Waals surface area contributed by atoms with Gasteiger partial charge in [-0.3, -0.25) is 4.52 Å². The number of phosphoric ester groups is 1. The lowest BCUT2D eigenvalue weighted by Gasteiger charge is -2.27. The lowest BCUT2D eigenvalue weighted by molar-refractivity contribution is -0.203. The Labute approximate surface area is 199 Å². The molecule has 6 unspecified atom stereocenters. The summed E-state index contributed by atoms with van der Waals surface area (Å²) in [6, 6.07) is 1.76. The lowest BCUT2D eigenvalue weighted by atomic mass is 9.94. The molecule has 0 saturated carbocycles. The van der Waals surface area contributed by atoms with Gasteiger partial charge in [-0.25, -0.2) is 28.1 Å². The SMILES string of the molecule is C#CC1(O)C(n2cc(C#N)c3c(N)ncnc32)OC(F)(COP(=O)(O)OP(=O)(O)OP(=O)(O)O)C1O. The topological polar surface area (TPSA) is 290 Å². The highest BCUT2D eigenvalue weighted by Crippen LogP contribution is 2.66. The molecule has 1 fully saturated rings. The van der Waals surface area contributed by atoms with Crippen LogP contribution in [0.2, 0.25) is 0 Å². The number of anilines is 1. The molecular weight excluding hydrogens is 558 g/mol. The van der Waals surface area contributed by atoms with Crippen molar-refractivity contribution >= 4 is 40.3 Å². The second kappa shape index (κ2) is 9.21. The fourth-order valence-corrected chi connectivity index (χ4v) is 6.21. The summed E-state index contributed by atoms with van der Waals surface area (Å²) in [7, 11) is -17.5. The molecule has 0 amide bonds. The van der Waals surface area contributed by atoms with Crippen molar-refractivity contribution < 1.29 is 65.8 Å². The van der Waals surface area contributed by atoms with Crippen LogP contribution in [0.15, 0.2) is 12.5 Å². The molecule has 3 heterocycles. The van der Waals surface area contributed by atoms with Gasteiger partial charge in [0.25, 0.3) is 5.85 Å². The Bertz CT molecular complexity index is 1430. The molecule has 6 atom stereocenters. The summed E-state index contributed by atoms with van der Waals surface area (Å²) in [5.41, 5.74) is 2.44. The third-order valence-corrected chi connectivity index (χ3v) is 8.38. The van der Waals surface area contributed by atoms with Gasteiger partial charge >= 0.3 is 23.5 Å². The van der Waals surface area contributed by atoms with E-state index >= 15 is 4.39 Å². The van der Waals surface area contributed by atoms with Crippen LogP contribution in [-0.4, -0.2) is 68.5 Å². The molecule has 0 bridgehead atoms. The largest absolute Gasteiger partial charge is 0.490 e. The standard InChI is InChI=1S/C14H15FN5O13P3/c1-2-13(22)11(21)14(15,5-30-35(26,27)33-36(28,29)32-34(23,24)25)31-12(13)20-4-7(3-16)8-9(17)18-6-19-10(8)20/h1,4,6,11-12,21-22H,5H2,(H,26,27)(H,28,29)(H2,17,18,19)(H2,23,24,25). The molecule has 22 heteroatoms. The number of hydrogen-bond acceptors (Lipinski definition) is 13. The molecule has 1 aliphatic heterocycles. The smallest absolute Gasteiger partial charge is 0.383 e. The number of halogens is 1. The number of nitriles is 1. The van der Waals surface area contributed by atoms with Crippen LogP contribution in [0.3, 0.4) is 0 Å². The molecule has 0 spiro atoms. The maximum Gasteiger partial charge on any atom is 0.490 e. The van der Waals surface area contributed by atoms with Crippen molar-refractivity contribution in [1.82, 2.24) is 14.5 Å². The molecule has 1 aliphatic rings. The first-order valence-electron chi connectivity index (χ1n) is 8.92. The summed E-state index contributed by atoms with van der Waals surface area (Å²) in [5.74, 6) is -2.09. The fraction of sp³-hybridized carbons (Fsp3) is 0.357. The number of aliphatic hydroxyl groups excluding tert-OH is 1. The highest BCUT2D eigenvalue weighted by Gasteiger charge is 2.66. The molecule has 3 rings (SSSR count). The maximum absolute atomic E-state index is 15.6. The van der Waals surface area contributed by atoms with Crippen LogP contribution >= 0.6 is 23.5 Å². The second-order valence-corrected chi connectivity index (χ2v) is 11.4. The Balaban J connectivity index is 1.93. The van der Waals surface area contributed by atoms with Crippen molar-refractivity contribution in [2.75, 3.05) is 12.3 Å². The van der Waals surface area contributed by atoms with Gasteiger partial charge in [-0.1, -0.05) is 5.92 Å². The average molecular weight is 573 g/mol. The third-order valence-electron chi connectivity index (χ3n) is 4.59. The summed E-state index contributed by atoms with van der Waals surface area (Å²) in [6.07, 6.45) is 2.42. The first-order valence-corrected chi connectivity index (χ1v) is 13.4. The van der Waals surface area contributed by atoms with Crippen molar-refractivity contribution in [1.29, 1.82) is 5.26 Å². The summed E-state index contributed by atoms with van der Waals surface area (Å²) < 4.78 is 66.6. The normalized spacial score (nSPS) is 29.8. The number of terminal acetylenes is 1. The summed E-state index contributed by atoms with van der Waals surface area (Å²) >= 11 is 0. The van der Waals surface area contributed by atoms with E-state index in [4.69, 9.17) is 31.6 Å². The predicted molar refractivity (Wildman–Crippen MR) is 110 cm³/mol. The minimum atomic E-state index is -5.93. The van der Waals surface area contributed by atoms with E-state index in [0.717, 1.165) is 17.1 Å². The van der Waals surface area contributed by atoms with Crippen LogP contribution in [0.1, 0.15) is 11.8 Å². The molecular formula is C14H15FN5O13P3. The number of nitrogens with two attached hydrogens (primary N) is 1. The van der Waals surface area contributed by atoms with Gasteiger partial charge in [-0.2, -0.15) is 13.9 Å². The first kappa shape index (κ1) is 28.3. The van der Waals surface area contributed by atoms with E-state index in [1.54, 1.807) is 12.0 Å². The molecule has 2 aromatic heterocycles. The van der Waals surface area contributed by atoms with Crippen LogP contribution in [0, 0.1) is 23.7 Å². The van der Waals surface area contributed by atoms with Gasteiger partial charge in [0.05, 0.1) is 10.9 Å². The van der Waals surface area contributed by atoms with Crippen LogP contribution in [0.5, 0.6) is 0 Å². The predicted octanol–water partition coefficient (Wildman–Crippen LogP) is -0.852. The van der Waals surface area contributed by atoms with Crippen molar-refractivity contribution in [3.05, 3.63) is 18.1 Å². The van der Waals surface area contributed by atoms with Crippen molar-refractivity contribution in [2.24, 2.45) is 0 Å². The number of nitrogens with zero attached hydrogens (tertiary/aromatic N) is 4. The number of alkyl halides is 1. The van der Waals surface area contributed by atoms with Gasteiger partial charge < -0.3 is 44.8 Å². The van der Waals surface area contributed by atoms with Gasteiger partial charge in [0.2, 0.25) is 5.60 Å². The van der Waals surface area contributed by atoms with Crippen molar-refractivity contribution in [2.45, 2.75) is 23.8 Å². The number of aliphatic hydroxyl groups is 2. The zero-order valence-electron chi connectivity index (χ0n) is 17.2. The van der Waals surface area contributed by atoms with E-state index < -0.39 is 53.9 Å². The minimum absolute atomic E-state index is 0.0397. The highest BCUT2D eigenvalue weighted by molar-refractivity contribution is 7.66. The van der Waals surface area contributed by atoms with E-state index in [9.17, 15) is 34.1 Å². The van der Waals surface area contributed by atoms with Gasteiger partial charge in [0.15, 0.2) is 12.3 Å². The quantitative estimate of drug-likeness (QED) is 0.149. The zero-order chi connectivity index (χ0) is 27.3. The molecule has 36 heavy (non-hydrogen) atoms. The minimum Gasteiger partial charge on any atom is -0.383 e. The molecule has 0 radical (unpaired) electrons. The first-order chi connectivity index (χ1) is 16.4. The van der Waals surface area contributed by atoms with Crippen LogP contribution < -0.4 is 5.73 Å². The summed E-state index contributed by atoms with van der Waals surface area (Å²) in [4.78, 5) is 43.3. The average Bonchev–Trinajstić information content (AvgIpc) is 3.20. The molecule has 8 N–H and O–H groups in total. The van der Waals surface area contributed by atoms with Crippen LogP contribution in [-0.2, 0) is 31.6 Å². The van der Waals surface area contributed by atoms with E-state index in [0.29, 0.717) is 0 Å². The van der Waals surface area contributed by atoms with Gasteiger partial charge in [0.1, 0.15) is 30.5 Å². The molecule has 2 aromatic rings. The van der Waals surface area contributed by atoms with Crippen molar-refractivity contribution in [3.63, 3.8) is 0 Å². The van der Waals surface area contributed by atoms with Crippen molar-refractivity contribution in [3.8, 4) is 18.4 Å². The highest BCUT2D eigenvalue weighted by atomic mass is 31.3. The lowest BCUT2D eigenvalue weighted by Crippen LogP contribution is -2.50.